The summed E-state index contributed by atoms with van der Waals surface area (Å²) in [6.45, 7) is 10.0. The van der Waals surface area contributed by atoms with Crippen molar-refractivity contribution in [1.82, 2.24) is 9.97 Å². The van der Waals surface area contributed by atoms with E-state index >= 15 is 0 Å². The van der Waals surface area contributed by atoms with E-state index in [-0.39, 0.29) is 23.8 Å². The van der Waals surface area contributed by atoms with Gasteiger partial charge >= 0.3 is 0 Å². The van der Waals surface area contributed by atoms with Crippen LogP contribution in [0.5, 0.6) is 0 Å². The molecular weight excluding hydrogens is 410 g/mol. The van der Waals surface area contributed by atoms with Gasteiger partial charge in [-0.05, 0) is 57.4 Å². The molecule has 6 heteroatoms. The van der Waals surface area contributed by atoms with E-state index in [0.717, 1.165) is 29.1 Å². The number of nitriles is 1. The highest BCUT2D eigenvalue weighted by Gasteiger charge is 2.47. The smallest absolute Gasteiger partial charge is 0.248 e. The van der Waals surface area contributed by atoms with Gasteiger partial charge in [-0.2, -0.15) is 5.26 Å². The summed E-state index contributed by atoms with van der Waals surface area (Å²) in [5, 5.41) is 9.79. The molecular formula is C27H29N5O. The third-order valence-corrected chi connectivity index (χ3v) is 6.42. The molecule has 1 aromatic heterocycles. The van der Waals surface area contributed by atoms with Crippen LogP contribution < -0.4 is 9.80 Å². The van der Waals surface area contributed by atoms with Gasteiger partial charge in [0.1, 0.15) is 6.54 Å². The van der Waals surface area contributed by atoms with Crippen LogP contribution in [-0.2, 0) is 10.2 Å². The monoisotopic (exact) mass is 439 g/mol. The highest BCUT2D eigenvalue weighted by molar-refractivity contribution is 5.99. The molecule has 0 fully saturated rings. The van der Waals surface area contributed by atoms with Gasteiger partial charge in [-0.15, -0.1) is 0 Å². The van der Waals surface area contributed by atoms with Gasteiger partial charge in [-0.3, -0.25) is 4.79 Å². The summed E-state index contributed by atoms with van der Waals surface area (Å²) in [6, 6.07) is 20.4. The number of aryl methyl sites for hydroxylation is 2. The summed E-state index contributed by atoms with van der Waals surface area (Å²) in [5.41, 5.74) is 4.00. The minimum Gasteiger partial charge on any atom is -0.305 e. The Labute approximate surface area is 195 Å². The van der Waals surface area contributed by atoms with E-state index in [1.54, 1.807) is 0 Å². The van der Waals surface area contributed by atoms with Crippen molar-refractivity contribution in [3.8, 4) is 6.19 Å². The molecule has 0 radical (unpaired) electrons. The Morgan fingerprint density at radius 3 is 2.27 bits per heavy atom. The third kappa shape index (κ3) is 4.07. The molecule has 3 aromatic rings. The zero-order chi connectivity index (χ0) is 23.8. The van der Waals surface area contributed by atoms with Crippen molar-refractivity contribution in [3.05, 3.63) is 83.2 Å². The van der Waals surface area contributed by atoms with Gasteiger partial charge in [-0.25, -0.2) is 14.9 Å². The molecule has 0 saturated carbocycles. The van der Waals surface area contributed by atoms with Crippen LogP contribution in [0.2, 0.25) is 0 Å². The van der Waals surface area contributed by atoms with E-state index in [0.29, 0.717) is 0 Å². The second kappa shape index (κ2) is 8.32. The second-order valence-corrected chi connectivity index (χ2v) is 9.57. The minimum atomic E-state index is -0.472. The van der Waals surface area contributed by atoms with E-state index in [4.69, 9.17) is 0 Å². The van der Waals surface area contributed by atoms with Crippen LogP contribution in [0, 0.1) is 25.3 Å². The molecule has 1 unspecified atom stereocenters. The number of para-hydroxylation sites is 1. The maximum absolute atomic E-state index is 13.7. The Hall–Kier alpha value is -3.72. The van der Waals surface area contributed by atoms with E-state index in [2.05, 4.69) is 67.3 Å². The first-order valence-corrected chi connectivity index (χ1v) is 11.1. The number of carbonyl (C=O) groups excluding carboxylic acids is 1. The van der Waals surface area contributed by atoms with Crippen LogP contribution in [0.4, 0.5) is 11.6 Å². The van der Waals surface area contributed by atoms with Crippen molar-refractivity contribution >= 4 is 17.5 Å². The third-order valence-electron chi connectivity index (χ3n) is 6.42. The lowest BCUT2D eigenvalue weighted by Crippen LogP contribution is -2.57. The molecule has 1 aliphatic heterocycles. The van der Waals surface area contributed by atoms with Crippen molar-refractivity contribution in [2.45, 2.75) is 52.0 Å². The number of fused-ring (bicyclic) bond motifs is 1. The lowest BCUT2D eigenvalue weighted by atomic mass is 9.65. The topological polar surface area (TPSA) is 73.1 Å². The quantitative estimate of drug-likeness (QED) is 0.427. The maximum atomic E-state index is 13.7. The SMILES string of the molecule is Cc1cc(C)nc(N(C#N)CC(=O)N2c3ccccc3C(C)(c3ccccc3)CC2(C)C)n1. The summed E-state index contributed by atoms with van der Waals surface area (Å²) >= 11 is 0. The van der Waals surface area contributed by atoms with E-state index in [1.165, 1.54) is 10.5 Å². The number of hydrogen-bond donors (Lipinski definition) is 0. The van der Waals surface area contributed by atoms with Crippen molar-refractivity contribution in [1.29, 1.82) is 5.26 Å². The number of nitrogens with zero attached hydrogens (tertiary/aromatic N) is 5. The number of benzene rings is 2. The first-order chi connectivity index (χ1) is 15.7. The van der Waals surface area contributed by atoms with Crippen LogP contribution in [0.25, 0.3) is 0 Å². The van der Waals surface area contributed by atoms with E-state index < -0.39 is 5.54 Å². The van der Waals surface area contributed by atoms with Crippen molar-refractivity contribution in [2.24, 2.45) is 0 Å². The van der Waals surface area contributed by atoms with Crippen LogP contribution >= 0.6 is 0 Å². The molecule has 6 nitrogen and oxygen atoms in total. The number of rotatable bonds is 4. The van der Waals surface area contributed by atoms with Crippen LogP contribution in [0.15, 0.2) is 60.7 Å². The van der Waals surface area contributed by atoms with Crippen LogP contribution in [-0.4, -0.2) is 28.0 Å². The number of hydrogen-bond acceptors (Lipinski definition) is 5. The molecule has 0 bridgehead atoms. The van der Waals surface area contributed by atoms with E-state index in [9.17, 15) is 10.1 Å². The molecule has 0 spiro atoms. The van der Waals surface area contributed by atoms with Crippen LogP contribution in [0.1, 0.15) is 49.7 Å². The fourth-order valence-electron chi connectivity index (χ4n) is 5.22. The molecule has 0 N–H and O–H groups in total. The molecule has 4 rings (SSSR count). The van der Waals surface area contributed by atoms with Gasteiger partial charge in [0.25, 0.3) is 0 Å². The average molecular weight is 440 g/mol. The minimum absolute atomic E-state index is 0.126. The van der Waals surface area contributed by atoms with Gasteiger partial charge < -0.3 is 4.90 Å². The first kappa shape index (κ1) is 22.5. The van der Waals surface area contributed by atoms with Gasteiger partial charge in [0.05, 0.1) is 0 Å². The molecule has 2 aromatic carbocycles. The summed E-state index contributed by atoms with van der Waals surface area (Å²) in [7, 11) is 0. The molecule has 2 heterocycles. The number of carbonyl (C=O) groups is 1. The summed E-state index contributed by atoms with van der Waals surface area (Å²) in [6.07, 6.45) is 2.85. The lowest BCUT2D eigenvalue weighted by molar-refractivity contribution is -0.118. The number of amides is 1. The van der Waals surface area contributed by atoms with Crippen molar-refractivity contribution < 1.29 is 4.79 Å². The summed E-state index contributed by atoms with van der Waals surface area (Å²) in [4.78, 5) is 25.6. The Bertz CT molecular complexity index is 1210. The van der Waals surface area contributed by atoms with Gasteiger partial charge in [-0.1, -0.05) is 55.5 Å². The number of anilines is 2. The lowest BCUT2D eigenvalue weighted by Gasteiger charge is -2.51. The number of aromatic nitrogens is 2. The largest absolute Gasteiger partial charge is 0.305 e. The Morgan fingerprint density at radius 2 is 1.64 bits per heavy atom. The molecule has 1 aliphatic rings. The predicted octanol–water partition coefficient (Wildman–Crippen LogP) is 4.90. The van der Waals surface area contributed by atoms with E-state index in [1.807, 2.05) is 49.1 Å². The molecule has 1 atom stereocenters. The Balaban J connectivity index is 1.74. The molecule has 33 heavy (non-hydrogen) atoms. The van der Waals surface area contributed by atoms with Crippen molar-refractivity contribution in [2.75, 3.05) is 16.3 Å². The Morgan fingerprint density at radius 1 is 1.03 bits per heavy atom. The fourth-order valence-corrected chi connectivity index (χ4v) is 5.22. The standard InChI is InChI=1S/C27H29N5O/c1-19-15-20(2)30-25(29-19)31(18-28)16-24(33)32-23-14-10-9-13-22(23)27(5,17-26(32,3)4)21-11-7-6-8-12-21/h6-15H,16-17H2,1-5H3. The zero-order valence-electron chi connectivity index (χ0n) is 19.8. The highest BCUT2D eigenvalue weighted by atomic mass is 16.2. The van der Waals surface area contributed by atoms with Gasteiger partial charge in [0, 0.05) is 28.0 Å². The van der Waals surface area contributed by atoms with Gasteiger partial charge in [0.2, 0.25) is 11.9 Å². The van der Waals surface area contributed by atoms with Crippen molar-refractivity contribution in [3.63, 3.8) is 0 Å². The van der Waals surface area contributed by atoms with Gasteiger partial charge in [0.15, 0.2) is 6.19 Å². The molecule has 168 valence electrons. The molecule has 0 saturated heterocycles. The highest BCUT2D eigenvalue weighted by Crippen LogP contribution is 2.50. The predicted molar refractivity (Wildman–Crippen MR) is 130 cm³/mol. The first-order valence-electron chi connectivity index (χ1n) is 11.1. The van der Waals surface area contributed by atoms with Crippen LogP contribution in [0.3, 0.4) is 0 Å². The molecule has 1 amide bonds. The maximum Gasteiger partial charge on any atom is 0.248 e. The second-order valence-electron chi connectivity index (χ2n) is 9.57. The summed E-state index contributed by atoms with van der Waals surface area (Å²) < 4.78 is 0. The fraction of sp³-hybridized carbons (Fsp3) is 0.333. The summed E-state index contributed by atoms with van der Waals surface area (Å²) in [5.74, 6) is 0.0902. The Kier molecular flexibility index (Phi) is 5.67. The average Bonchev–Trinajstić information content (AvgIpc) is 2.76. The zero-order valence-corrected chi connectivity index (χ0v) is 19.8. The molecule has 0 aliphatic carbocycles. The normalized spacial score (nSPS) is 18.8.